The number of carbonyl (C=O) groups excluding carboxylic acids is 1. The fourth-order valence-electron chi connectivity index (χ4n) is 1.13. The molecule has 0 bridgehead atoms. The van der Waals surface area contributed by atoms with E-state index < -0.39 is 0 Å². The van der Waals surface area contributed by atoms with Crippen molar-refractivity contribution in [2.45, 2.75) is 12.5 Å². The van der Waals surface area contributed by atoms with Crippen molar-refractivity contribution in [2.75, 3.05) is 14.1 Å². The summed E-state index contributed by atoms with van der Waals surface area (Å²) in [5.41, 5.74) is 0. The van der Waals surface area contributed by atoms with E-state index in [9.17, 15) is 4.79 Å². The van der Waals surface area contributed by atoms with Crippen LogP contribution in [-0.4, -0.2) is 26.0 Å². The predicted octanol–water partition coefficient (Wildman–Crippen LogP) is 0.625. The average molecular weight is 198 g/mol. The first-order valence-electron chi connectivity index (χ1n) is 4.19. The van der Waals surface area contributed by atoms with Crippen LogP contribution in [0.5, 0.6) is 0 Å². The lowest BCUT2D eigenvalue weighted by molar-refractivity contribution is -0.122. The van der Waals surface area contributed by atoms with Crippen molar-refractivity contribution in [1.82, 2.24) is 10.6 Å². The van der Waals surface area contributed by atoms with Crippen molar-refractivity contribution in [3.8, 4) is 0 Å². The zero-order chi connectivity index (χ0) is 9.68. The van der Waals surface area contributed by atoms with Crippen LogP contribution in [0.25, 0.3) is 0 Å². The van der Waals surface area contributed by atoms with Crippen molar-refractivity contribution >= 4 is 17.2 Å². The van der Waals surface area contributed by atoms with Gasteiger partial charge < -0.3 is 10.6 Å². The molecular formula is C9H14N2OS. The molecule has 4 heteroatoms. The van der Waals surface area contributed by atoms with E-state index in [0.29, 0.717) is 0 Å². The van der Waals surface area contributed by atoms with E-state index in [2.05, 4.69) is 10.6 Å². The molecule has 0 saturated carbocycles. The van der Waals surface area contributed by atoms with E-state index >= 15 is 0 Å². The Bertz CT molecular complexity index is 259. The van der Waals surface area contributed by atoms with Gasteiger partial charge in [-0.2, -0.15) is 0 Å². The molecule has 0 aromatic carbocycles. The minimum absolute atomic E-state index is 0.0379. The highest BCUT2D eigenvalue weighted by molar-refractivity contribution is 7.09. The van der Waals surface area contributed by atoms with Crippen LogP contribution in [0.3, 0.4) is 0 Å². The van der Waals surface area contributed by atoms with E-state index in [1.54, 1.807) is 25.4 Å². The summed E-state index contributed by atoms with van der Waals surface area (Å²) in [5.74, 6) is 0.0379. The maximum atomic E-state index is 11.3. The summed E-state index contributed by atoms with van der Waals surface area (Å²) in [6.07, 6.45) is 0.758. The average Bonchev–Trinajstić information content (AvgIpc) is 2.65. The van der Waals surface area contributed by atoms with Crippen LogP contribution in [0.2, 0.25) is 0 Å². The highest BCUT2D eigenvalue weighted by Crippen LogP contribution is 2.10. The number of amides is 1. The molecule has 0 spiro atoms. The molecule has 0 aliphatic carbocycles. The SMILES string of the molecule is CNC(=O)C(Cc1cccs1)NC. The van der Waals surface area contributed by atoms with Gasteiger partial charge in [-0.3, -0.25) is 4.79 Å². The first kappa shape index (κ1) is 10.2. The van der Waals surface area contributed by atoms with Gasteiger partial charge in [0.1, 0.15) is 0 Å². The molecule has 2 N–H and O–H groups in total. The van der Waals surface area contributed by atoms with Crippen molar-refractivity contribution in [3.63, 3.8) is 0 Å². The molecule has 1 atom stereocenters. The van der Waals surface area contributed by atoms with Gasteiger partial charge in [0, 0.05) is 18.3 Å². The van der Waals surface area contributed by atoms with Crippen LogP contribution >= 0.6 is 11.3 Å². The fourth-order valence-corrected chi connectivity index (χ4v) is 1.88. The summed E-state index contributed by atoms with van der Waals surface area (Å²) in [4.78, 5) is 12.5. The van der Waals surface area contributed by atoms with Gasteiger partial charge in [0.15, 0.2) is 0 Å². The monoisotopic (exact) mass is 198 g/mol. The van der Waals surface area contributed by atoms with E-state index in [4.69, 9.17) is 0 Å². The summed E-state index contributed by atoms with van der Waals surface area (Å²) in [6, 6.07) is 3.91. The first-order chi connectivity index (χ1) is 6.27. The maximum absolute atomic E-state index is 11.3. The largest absolute Gasteiger partial charge is 0.358 e. The van der Waals surface area contributed by atoms with E-state index in [1.165, 1.54) is 4.88 Å². The van der Waals surface area contributed by atoms with Gasteiger partial charge in [-0.15, -0.1) is 11.3 Å². The molecule has 0 aliphatic rings. The van der Waals surface area contributed by atoms with Gasteiger partial charge in [-0.25, -0.2) is 0 Å². The van der Waals surface area contributed by atoms with Crippen molar-refractivity contribution < 1.29 is 4.79 Å². The lowest BCUT2D eigenvalue weighted by Crippen LogP contribution is -2.42. The summed E-state index contributed by atoms with van der Waals surface area (Å²) >= 11 is 1.67. The van der Waals surface area contributed by atoms with Crippen LogP contribution in [0.4, 0.5) is 0 Å². The van der Waals surface area contributed by atoms with Crippen LogP contribution in [0, 0.1) is 0 Å². The molecule has 0 aliphatic heterocycles. The molecule has 1 heterocycles. The summed E-state index contributed by atoms with van der Waals surface area (Å²) < 4.78 is 0. The van der Waals surface area contributed by atoms with Crippen molar-refractivity contribution in [3.05, 3.63) is 22.4 Å². The predicted molar refractivity (Wildman–Crippen MR) is 54.9 cm³/mol. The molecule has 13 heavy (non-hydrogen) atoms. The fraction of sp³-hybridized carbons (Fsp3) is 0.444. The number of rotatable bonds is 4. The number of carbonyl (C=O) groups is 1. The third kappa shape index (κ3) is 2.82. The number of hydrogen-bond acceptors (Lipinski definition) is 3. The van der Waals surface area contributed by atoms with Gasteiger partial charge in [0.05, 0.1) is 6.04 Å². The molecule has 3 nitrogen and oxygen atoms in total. The van der Waals surface area contributed by atoms with Crippen LogP contribution in [0.15, 0.2) is 17.5 Å². The molecule has 1 rings (SSSR count). The van der Waals surface area contributed by atoms with Crippen molar-refractivity contribution in [2.24, 2.45) is 0 Å². The zero-order valence-corrected chi connectivity index (χ0v) is 8.65. The smallest absolute Gasteiger partial charge is 0.237 e. The molecule has 1 amide bonds. The molecule has 1 aromatic heterocycles. The second-order valence-corrected chi connectivity index (χ2v) is 3.77. The highest BCUT2D eigenvalue weighted by Gasteiger charge is 2.15. The quantitative estimate of drug-likeness (QED) is 0.745. The van der Waals surface area contributed by atoms with E-state index in [1.807, 2.05) is 17.5 Å². The Morgan fingerprint density at radius 3 is 2.85 bits per heavy atom. The normalized spacial score (nSPS) is 12.5. The lowest BCUT2D eigenvalue weighted by Gasteiger charge is -2.12. The highest BCUT2D eigenvalue weighted by atomic mass is 32.1. The third-order valence-corrected chi connectivity index (χ3v) is 2.80. The Balaban J connectivity index is 2.54. The van der Waals surface area contributed by atoms with E-state index in [0.717, 1.165) is 6.42 Å². The summed E-state index contributed by atoms with van der Waals surface area (Å²) in [7, 11) is 3.45. The Labute approximate surface area is 82.2 Å². The van der Waals surface area contributed by atoms with Gasteiger partial charge in [-0.1, -0.05) is 6.07 Å². The number of hydrogen-bond donors (Lipinski definition) is 2. The topological polar surface area (TPSA) is 41.1 Å². The first-order valence-corrected chi connectivity index (χ1v) is 5.07. The minimum Gasteiger partial charge on any atom is -0.358 e. The lowest BCUT2D eigenvalue weighted by atomic mass is 10.1. The number of thiophene rings is 1. The Kier molecular flexibility index (Phi) is 3.92. The molecule has 1 aromatic rings. The molecule has 0 fully saturated rings. The second kappa shape index (κ2) is 4.99. The molecule has 0 saturated heterocycles. The zero-order valence-electron chi connectivity index (χ0n) is 7.83. The van der Waals surface area contributed by atoms with Crippen LogP contribution < -0.4 is 10.6 Å². The Morgan fingerprint density at radius 2 is 2.38 bits per heavy atom. The van der Waals surface area contributed by atoms with Crippen molar-refractivity contribution in [1.29, 1.82) is 0 Å². The molecule has 72 valence electrons. The molecule has 1 unspecified atom stereocenters. The molecular weight excluding hydrogens is 184 g/mol. The summed E-state index contributed by atoms with van der Waals surface area (Å²) in [6.45, 7) is 0. The Morgan fingerprint density at radius 1 is 1.62 bits per heavy atom. The standard InChI is InChI=1S/C9H14N2OS/c1-10-8(9(12)11-2)6-7-4-3-5-13-7/h3-5,8,10H,6H2,1-2H3,(H,11,12). The number of likely N-dealkylation sites (N-methyl/N-ethyl adjacent to an activating group) is 2. The number of nitrogens with one attached hydrogen (secondary N) is 2. The second-order valence-electron chi connectivity index (χ2n) is 2.74. The molecule has 0 radical (unpaired) electrons. The van der Waals surface area contributed by atoms with Gasteiger partial charge in [0.2, 0.25) is 5.91 Å². The maximum Gasteiger partial charge on any atom is 0.237 e. The van der Waals surface area contributed by atoms with Gasteiger partial charge >= 0.3 is 0 Å². The third-order valence-electron chi connectivity index (χ3n) is 1.90. The Hall–Kier alpha value is -0.870. The van der Waals surface area contributed by atoms with Gasteiger partial charge in [-0.05, 0) is 18.5 Å². The minimum atomic E-state index is -0.122. The summed E-state index contributed by atoms with van der Waals surface area (Å²) in [5, 5.41) is 7.64. The van der Waals surface area contributed by atoms with E-state index in [-0.39, 0.29) is 11.9 Å². The van der Waals surface area contributed by atoms with Crippen LogP contribution in [0.1, 0.15) is 4.88 Å². The van der Waals surface area contributed by atoms with Gasteiger partial charge in [0.25, 0.3) is 0 Å². The van der Waals surface area contributed by atoms with Crippen LogP contribution in [-0.2, 0) is 11.2 Å².